The van der Waals surface area contributed by atoms with E-state index in [0.29, 0.717) is 10.6 Å². The summed E-state index contributed by atoms with van der Waals surface area (Å²) < 4.78 is 6.37. The van der Waals surface area contributed by atoms with Crippen LogP contribution >= 0.6 is 27.3 Å². The monoisotopic (exact) mass is 336 g/mol. The predicted octanol–water partition coefficient (Wildman–Crippen LogP) is 4.20. The molecule has 1 aromatic carbocycles. The highest BCUT2D eigenvalue weighted by Crippen LogP contribution is 2.43. The zero-order valence-corrected chi connectivity index (χ0v) is 13.1. The molecule has 0 radical (unpaired) electrons. The normalized spacial score (nSPS) is 10.2. The molecule has 0 atom stereocenters. The SMILES string of the molecule is CCc1c(-c2ccc(Br)cc2OC)sc(C#N)c1N. The van der Waals surface area contributed by atoms with Crippen LogP contribution in [0.1, 0.15) is 17.4 Å². The van der Waals surface area contributed by atoms with Crippen molar-refractivity contribution >= 4 is 33.0 Å². The molecule has 0 aliphatic carbocycles. The Kier molecular flexibility index (Phi) is 4.13. The minimum Gasteiger partial charge on any atom is -0.496 e. The molecule has 98 valence electrons. The van der Waals surface area contributed by atoms with E-state index >= 15 is 0 Å². The van der Waals surface area contributed by atoms with Crippen LogP contribution in [0.4, 0.5) is 5.69 Å². The summed E-state index contributed by atoms with van der Waals surface area (Å²) in [5.41, 5.74) is 8.60. The maximum absolute atomic E-state index is 9.11. The maximum atomic E-state index is 9.11. The Hall–Kier alpha value is -1.51. The summed E-state index contributed by atoms with van der Waals surface area (Å²) in [5.74, 6) is 0.773. The first-order valence-corrected chi connectivity index (χ1v) is 7.38. The van der Waals surface area contributed by atoms with Crippen molar-refractivity contribution in [1.29, 1.82) is 5.26 Å². The third-order valence-corrected chi connectivity index (χ3v) is 4.59. The molecule has 2 aromatic rings. The number of halogens is 1. The van der Waals surface area contributed by atoms with Crippen molar-refractivity contribution in [2.45, 2.75) is 13.3 Å². The van der Waals surface area contributed by atoms with Crippen molar-refractivity contribution in [3.8, 4) is 22.3 Å². The summed E-state index contributed by atoms with van der Waals surface area (Å²) in [6, 6.07) is 8.00. The maximum Gasteiger partial charge on any atom is 0.128 e. The fraction of sp³-hybridized carbons (Fsp3) is 0.214. The van der Waals surface area contributed by atoms with Crippen LogP contribution < -0.4 is 10.5 Å². The van der Waals surface area contributed by atoms with Gasteiger partial charge in [0.1, 0.15) is 16.7 Å². The summed E-state index contributed by atoms with van der Waals surface area (Å²) in [6.45, 7) is 2.04. The van der Waals surface area contributed by atoms with E-state index in [2.05, 4.69) is 22.0 Å². The van der Waals surface area contributed by atoms with E-state index in [1.54, 1.807) is 7.11 Å². The molecular formula is C14H13BrN2OS. The van der Waals surface area contributed by atoms with Crippen LogP contribution in [0.2, 0.25) is 0 Å². The first-order valence-electron chi connectivity index (χ1n) is 5.77. The fourth-order valence-corrected chi connectivity index (χ4v) is 3.46. The zero-order valence-electron chi connectivity index (χ0n) is 10.7. The van der Waals surface area contributed by atoms with Gasteiger partial charge in [0.2, 0.25) is 0 Å². The minimum atomic E-state index is 0.567. The van der Waals surface area contributed by atoms with Crippen molar-refractivity contribution in [2.75, 3.05) is 12.8 Å². The van der Waals surface area contributed by atoms with E-state index < -0.39 is 0 Å². The molecule has 0 unspecified atom stereocenters. The van der Waals surface area contributed by atoms with E-state index in [1.807, 2.05) is 25.1 Å². The van der Waals surface area contributed by atoms with Gasteiger partial charge in [-0.2, -0.15) is 5.26 Å². The lowest BCUT2D eigenvalue weighted by molar-refractivity contribution is 0.416. The first-order chi connectivity index (χ1) is 9.12. The highest BCUT2D eigenvalue weighted by molar-refractivity contribution is 9.10. The number of hydrogen-bond acceptors (Lipinski definition) is 4. The second kappa shape index (κ2) is 5.64. The second-order valence-electron chi connectivity index (χ2n) is 3.96. The average Bonchev–Trinajstić information content (AvgIpc) is 2.74. The number of benzene rings is 1. The van der Waals surface area contributed by atoms with Gasteiger partial charge in [-0.3, -0.25) is 0 Å². The lowest BCUT2D eigenvalue weighted by Crippen LogP contribution is -1.93. The third-order valence-electron chi connectivity index (χ3n) is 2.91. The van der Waals surface area contributed by atoms with Gasteiger partial charge in [0.15, 0.2) is 0 Å². The third kappa shape index (κ3) is 2.46. The van der Waals surface area contributed by atoms with Crippen molar-refractivity contribution in [3.05, 3.63) is 33.1 Å². The molecule has 3 nitrogen and oxygen atoms in total. The number of nitrogens with two attached hydrogens (primary N) is 1. The Labute approximate surface area is 124 Å². The largest absolute Gasteiger partial charge is 0.496 e. The van der Waals surface area contributed by atoms with Crippen LogP contribution in [0.25, 0.3) is 10.4 Å². The molecular weight excluding hydrogens is 324 g/mol. The van der Waals surface area contributed by atoms with E-state index in [0.717, 1.165) is 32.6 Å². The van der Waals surface area contributed by atoms with Gasteiger partial charge >= 0.3 is 0 Å². The summed E-state index contributed by atoms with van der Waals surface area (Å²) >= 11 is 4.84. The van der Waals surface area contributed by atoms with E-state index in [1.165, 1.54) is 11.3 Å². The number of nitrogen functional groups attached to an aromatic ring is 1. The molecule has 0 fully saturated rings. The van der Waals surface area contributed by atoms with E-state index in [-0.39, 0.29) is 0 Å². The summed E-state index contributed by atoms with van der Waals surface area (Å²) in [4.78, 5) is 1.58. The van der Waals surface area contributed by atoms with Gasteiger partial charge in [0, 0.05) is 14.9 Å². The number of methoxy groups -OCH3 is 1. The molecule has 0 bridgehead atoms. The molecule has 0 aliphatic heterocycles. The van der Waals surface area contributed by atoms with Gasteiger partial charge in [-0.25, -0.2) is 0 Å². The van der Waals surface area contributed by atoms with Crippen molar-refractivity contribution in [2.24, 2.45) is 0 Å². The molecule has 2 N–H and O–H groups in total. The van der Waals surface area contributed by atoms with Gasteiger partial charge in [0.25, 0.3) is 0 Å². The summed E-state index contributed by atoms with van der Waals surface area (Å²) in [5, 5.41) is 9.11. The molecule has 0 saturated carbocycles. The Bertz CT molecular complexity index is 658. The van der Waals surface area contributed by atoms with Crippen LogP contribution in [-0.4, -0.2) is 7.11 Å². The number of nitrogens with zero attached hydrogens (tertiary/aromatic N) is 1. The molecule has 0 saturated heterocycles. The molecule has 1 heterocycles. The van der Waals surface area contributed by atoms with Crippen LogP contribution in [0.5, 0.6) is 5.75 Å². The van der Waals surface area contributed by atoms with Crippen molar-refractivity contribution in [3.63, 3.8) is 0 Å². The predicted molar refractivity (Wildman–Crippen MR) is 82.5 cm³/mol. The summed E-state index contributed by atoms with van der Waals surface area (Å²) in [6.07, 6.45) is 0.790. The number of anilines is 1. The number of rotatable bonds is 3. The minimum absolute atomic E-state index is 0.567. The number of ether oxygens (including phenoxy) is 1. The molecule has 1 aromatic heterocycles. The second-order valence-corrected chi connectivity index (χ2v) is 5.90. The van der Waals surface area contributed by atoms with Gasteiger partial charge in [-0.15, -0.1) is 11.3 Å². The van der Waals surface area contributed by atoms with Crippen LogP contribution in [0.15, 0.2) is 22.7 Å². The van der Waals surface area contributed by atoms with Gasteiger partial charge < -0.3 is 10.5 Å². The Morgan fingerprint density at radius 1 is 1.47 bits per heavy atom. The molecule has 5 heteroatoms. The van der Waals surface area contributed by atoms with Gasteiger partial charge in [-0.1, -0.05) is 22.9 Å². The van der Waals surface area contributed by atoms with Gasteiger partial charge in [-0.05, 0) is 30.2 Å². The topological polar surface area (TPSA) is 59.0 Å². The van der Waals surface area contributed by atoms with Crippen LogP contribution in [0, 0.1) is 11.3 Å². The number of thiophene rings is 1. The Morgan fingerprint density at radius 3 is 2.79 bits per heavy atom. The fourth-order valence-electron chi connectivity index (χ4n) is 1.98. The lowest BCUT2D eigenvalue weighted by Gasteiger charge is -2.09. The number of nitriles is 1. The zero-order chi connectivity index (χ0) is 14.0. The Balaban J connectivity index is 2.69. The molecule has 2 rings (SSSR count). The smallest absolute Gasteiger partial charge is 0.128 e. The lowest BCUT2D eigenvalue weighted by atomic mass is 10.1. The van der Waals surface area contributed by atoms with Crippen molar-refractivity contribution < 1.29 is 4.74 Å². The molecule has 19 heavy (non-hydrogen) atoms. The molecule has 0 spiro atoms. The van der Waals surface area contributed by atoms with Crippen molar-refractivity contribution in [1.82, 2.24) is 0 Å². The highest BCUT2D eigenvalue weighted by Gasteiger charge is 2.18. The number of hydrogen-bond donors (Lipinski definition) is 1. The molecule has 0 amide bonds. The first kappa shape index (κ1) is 13.9. The standard InChI is InChI=1S/C14H13BrN2OS/c1-3-9-13(17)12(7-16)19-14(9)10-5-4-8(15)6-11(10)18-2/h4-6H,3,17H2,1-2H3. The molecule has 0 aliphatic rings. The summed E-state index contributed by atoms with van der Waals surface area (Å²) in [7, 11) is 1.64. The van der Waals surface area contributed by atoms with E-state index in [4.69, 9.17) is 15.7 Å². The quantitative estimate of drug-likeness (QED) is 0.913. The Morgan fingerprint density at radius 2 is 2.21 bits per heavy atom. The highest BCUT2D eigenvalue weighted by atomic mass is 79.9. The average molecular weight is 337 g/mol. The van der Waals surface area contributed by atoms with E-state index in [9.17, 15) is 0 Å². The van der Waals surface area contributed by atoms with Gasteiger partial charge in [0.05, 0.1) is 12.8 Å². The van der Waals surface area contributed by atoms with Crippen LogP contribution in [-0.2, 0) is 6.42 Å². The van der Waals surface area contributed by atoms with Crippen LogP contribution in [0.3, 0.4) is 0 Å².